The summed E-state index contributed by atoms with van der Waals surface area (Å²) in [6.07, 6.45) is 1.37. The van der Waals surface area contributed by atoms with Gasteiger partial charge in [-0.05, 0) is 62.4 Å². The van der Waals surface area contributed by atoms with E-state index in [-0.39, 0.29) is 18.4 Å². The Kier molecular flexibility index (Phi) is 7.06. The summed E-state index contributed by atoms with van der Waals surface area (Å²) < 4.78 is 33.5. The molecule has 0 unspecified atom stereocenters. The van der Waals surface area contributed by atoms with Gasteiger partial charge in [-0.1, -0.05) is 29.8 Å². The van der Waals surface area contributed by atoms with E-state index in [1.807, 2.05) is 57.2 Å². The van der Waals surface area contributed by atoms with E-state index in [0.717, 1.165) is 28.0 Å². The summed E-state index contributed by atoms with van der Waals surface area (Å²) in [6.45, 7) is 6.78. The van der Waals surface area contributed by atoms with Crippen molar-refractivity contribution in [3.8, 4) is 5.75 Å². The van der Waals surface area contributed by atoms with E-state index in [1.165, 1.54) is 4.31 Å². The van der Waals surface area contributed by atoms with Crippen LogP contribution in [0.25, 0.3) is 0 Å². The Hall–Kier alpha value is -2.38. The third kappa shape index (κ3) is 5.10. The molecule has 0 aromatic heterocycles. The van der Waals surface area contributed by atoms with Gasteiger partial charge in [0, 0.05) is 26.7 Å². The van der Waals surface area contributed by atoms with Crippen LogP contribution in [-0.2, 0) is 21.4 Å². The molecule has 0 N–H and O–H groups in total. The predicted octanol–water partition coefficient (Wildman–Crippen LogP) is 3.68. The summed E-state index contributed by atoms with van der Waals surface area (Å²) in [7, 11) is -0.260. The Morgan fingerprint density at radius 1 is 1.13 bits per heavy atom. The molecule has 2 aromatic carbocycles. The van der Waals surface area contributed by atoms with Gasteiger partial charge in [0.2, 0.25) is 15.9 Å². The van der Waals surface area contributed by atoms with Crippen molar-refractivity contribution in [1.29, 1.82) is 0 Å². The SMILES string of the molecule is COc1ccc(CN(C)C(=O)[C@H]2CCCN(S(=O)(=O)c3c(C)cc(C)cc3C)C2)cc1. The van der Waals surface area contributed by atoms with Crippen LogP contribution in [0, 0.1) is 26.7 Å². The first kappa shape index (κ1) is 23.3. The second-order valence-electron chi connectivity index (χ2n) is 8.47. The van der Waals surface area contributed by atoms with Crippen LogP contribution < -0.4 is 4.74 Å². The highest BCUT2D eigenvalue weighted by atomic mass is 32.2. The molecule has 1 fully saturated rings. The second kappa shape index (κ2) is 9.40. The van der Waals surface area contributed by atoms with Crippen molar-refractivity contribution in [3.05, 3.63) is 58.7 Å². The summed E-state index contributed by atoms with van der Waals surface area (Å²) in [5.74, 6) is 0.415. The van der Waals surface area contributed by atoms with E-state index in [1.54, 1.807) is 19.1 Å². The molecule has 0 bridgehead atoms. The number of hydrogen-bond acceptors (Lipinski definition) is 4. The molecule has 1 atom stereocenters. The molecule has 7 heteroatoms. The summed E-state index contributed by atoms with van der Waals surface area (Å²) >= 11 is 0. The number of carbonyl (C=O) groups is 1. The van der Waals surface area contributed by atoms with Crippen molar-refractivity contribution in [2.45, 2.75) is 45.1 Å². The maximum absolute atomic E-state index is 13.4. The van der Waals surface area contributed by atoms with Crippen molar-refractivity contribution < 1.29 is 17.9 Å². The van der Waals surface area contributed by atoms with Crippen molar-refractivity contribution in [2.75, 3.05) is 27.2 Å². The zero-order chi connectivity index (χ0) is 22.8. The maximum Gasteiger partial charge on any atom is 0.243 e. The van der Waals surface area contributed by atoms with Gasteiger partial charge >= 0.3 is 0 Å². The monoisotopic (exact) mass is 444 g/mol. The lowest BCUT2D eigenvalue weighted by Gasteiger charge is -2.34. The van der Waals surface area contributed by atoms with Gasteiger partial charge in [0.25, 0.3) is 0 Å². The number of amides is 1. The molecule has 1 amide bonds. The molecule has 31 heavy (non-hydrogen) atoms. The van der Waals surface area contributed by atoms with Gasteiger partial charge in [0.05, 0.1) is 17.9 Å². The summed E-state index contributed by atoms with van der Waals surface area (Å²) in [4.78, 5) is 15.2. The number of methoxy groups -OCH3 is 1. The second-order valence-corrected chi connectivity index (χ2v) is 10.3. The molecule has 168 valence electrons. The number of ether oxygens (including phenoxy) is 1. The molecule has 0 saturated carbocycles. The summed E-state index contributed by atoms with van der Waals surface area (Å²) in [6, 6.07) is 11.4. The first-order valence-electron chi connectivity index (χ1n) is 10.6. The zero-order valence-corrected chi connectivity index (χ0v) is 19.8. The van der Waals surface area contributed by atoms with Crippen LogP contribution in [0.3, 0.4) is 0 Å². The third-order valence-electron chi connectivity index (χ3n) is 5.89. The number of rotatable bonds is 6. The zero-order valence-electron chi connectivity index (χ0n) is 19.0. The largest absolute Gasteiger partial charge is 0.497 e. The lowest BCUT2D eigenvalue weighted by atomic mass is 9.98. The van der Waals surface area contributed by atoms with E-state index < -0.39 is 10.0 Å². The summed E-state index contributed by atoms with van der Waals surface area (Å²) in [5.41, 5.74) is 3.55. The molecule has 1 heterocycles. The van der Waals surface area contributed by atoms with E-state index >= 15 is 0 Å². The fourth-order valence-electron chi connectivity index (χ4n) is 4.46. The molecule has 0 spiro atoms. The maximum atomic E-state index is 13.4. The van der Waals surface area contributed by atoms with Crippen molar-refractivity contribution in [2.24, 2.45) is 5.92 Å². The van der Waals surface area contributed by atoms with E-state index in [0.29, 0.717) is 30.8 Å². The number of sulfonamides is 1. The van der Waals surface area contributed by atoms with Crippen LogP contribution in [0.4, 0.5) is 0 Å². The minimum atomic E-state index is -3.65. The molecule has 1 saturated heterocycles. The van der Waals surface area contributed by atoms with Crippen LogP contribution in [0.15, 0.2) is 41.3 Å². The first-order chi connectivity index (χ1) is 14.6. The Morgan fingerprint density at radius 2 is 1.74 bits per heavy atom. The van der Waals surface area contributed by atoms with Crippen molar-refractivity contribution in [1.82, 2.24) is 9.21 Å². The standard InChI is InChI=1S/C24H32N2O4S/c1-17-13-18(2)23(19(3)14-17)31(28,29)26-12-6-7-21(16-26)24(27)25(4)15-20-8-10-22(30-5)11-9-20/h8-11,13-14,21H,6-7,12,15-16H2,1-5H3/t21-/m0/s1. The number of benzene rings is 2. The Balaban J connectivity index is 1.74. The minimum Gasteiger partial charge on any atom is -0.497 e. The lowest BCUT2D eigenvalue weighted by molar-refractivity contribution is -0.135. The molecule has 3 rings (SSSR count). The van der Waals surface area contributed by atoms with Gasteiger partial charge in [-0.3, -0.25) is 4.79 Å². The van der Waals surface area contributed by atoms with Crippen LogP contribution in [0.1, 0.15) is 35.1 Å². The van der Waals surface area contributed by atoms with Gasteiger partial charge < -0.3 is 9.64 Å². The average Bonchev–Trinajstić information content (AvgIpc) is 2.73. The minimum absolute atomic E-state index is 0.0203. The van der Waals surface area contributed by atoms with Crippen molar-refractivity contribution in [3.63, 3.8) is 0 Å². The third-order valence-corrected chi connectivity index (χ3v) is 8.06. The lowest BCUT2D eigenvalue weighted by Crippen LogP contribution is -2.45. The predicted molar refractivity (Wildman–Crippen MR) is 122 cm³/mol. The molecule has 1 aliphatic heterocycles. The van der Waals surface area contributed by atoms with Crippen LogP contribution in [0.2, 0.25) is 0 Å². The summed E-state index contributed by atoms with van der Waals surface area (Å²) in [5, 5.41) is 0. The smallest absolute Gasteiger partial charge is 0.243 e. The number of aryl methyl sites for hydroxylation is 3. The molecule has 6 nitrogen and oxygen atoms in total. The highest BCUT2D eigenvalue weighted by Crippen LogP contribution is 2.29. The number of hydrogen-bond donors (Lipinski definition) is 0. The topological polar surface area (TPSA) is 66.9 Å². The Labute approximate surface area is 185 Å². The van der Waals surface area contributed by atoms with Gasteiger partial charge in [-0.25, -0.2) is 8.42 Å². The number of nitrogens with zero attached hydrogens (tertiary/aromatic N) is 2. The van der Waals surface area contributed by atoms with Crippen LogP contribution in [0.5, 0.6) is 5.75 Å². The van der Waals surface area contributed by atoms with Crippen LogP contribution >= 0.6 is 0 Å². The van der Waals surface area contributed by atoms with E-state index in [2.05, 4.69) is 0 Å². The quantitative estimate of drug-likeness (QED) is 0.682. The van der Waals surface area contributed by atoms with Gasteiger partial charge in [0.1, 0.15) is 5.75 Å². The van der Waals surface area contributed by atoms with Gasteiger partial charge in [-0.2, -0.15) is 4.31 Å². The van der Waals surface area contributed by atoms with Gasteiger partial charge in [-0.15, -0.1) is 0 Å². The fourth-order valence-corrected chi connectivity index (χ4v) is 6.39. The molecule has 0 aliphatic carbocycles. The highest BCUT2D eigenvalue weighted by Gasteiger charge is 2.35. The number of piperidine rings is 1. The van der Waals surface area contributed by atoms with E-state index in [9.17, 15) is 13.2 Å². The normalized spacial score (nSPS) is 17.4. The Morgan fingerprint density at radius 3 is 2.32 bits per heavy atom. The molecular weight excluding hydrogens is 412 g/mol. The van der Waals surface area contributed by atoms with Crippen LogP contribution in [-0.4, -0.2) is 50.8 Å². The molecule has 1 aliphatic rings. The highest BCUT2D eigenvalue weighted by molar-refractivity contribution is 7.89. The molecule has 2 aromatic rings. The molecular formula is C24H32N2O4S. The van der Waals surface area contributed by atoms with Crippen molar-refractivity contribution >= 4 is 15.9 Å². The molecule has 0 radical (unpaired) electrons. The van der Waals surface area contributed by atoms with E-state index in [4.69, 9.17) is 4.74 Å². The Bertz CT molecular complexity index is 1020. The number of carbonyl (C=O) groups excluding carboxylic acids is 1. The first-order valence-corrected chi connectivity index (χ1v) is 12.0. The van der Waals surface area contributed by atoms with Gasteiger partial charge in [0.15, 0.2) is 0 Å². The average molecular weight is 445 g/mol. The fraction of sp³-hybridized carbons (Fsp3) is 0.458.